The Bertz CT molecular complexity index is 445. The molecule has 0 saturated heterocycles. The molecule has 3 heteroatoms. The van der Waals surface area contributed by atoms with Gasteiger partial charge in [-0.15, -0.1) is 0 Å². The molecule has 1 unspecified atom stereocenters. The summed E-state index contributed by atoms with van der Waals surface area (Å²) >= 11 is 0. The topological polar surface area (TPSA) is 29.5 Å². The number of rotatable bonds is 10. The molecule has 0 radical (unpaired) electrons. The minimum Gasteiger partial charge on any atom is -0.497 e. The summed E-state index contributed by atoms with van der Waals surface area (Å²) in [6.45, 7) is 7.11. The lowest BCUT2D eigenvalue weighted by Crippen LogP contribution is -2.38. The second-order valence-corrected chi connectivity index (χ2v) is 5.97. The van der Waals surface area contributed by atoms with E-state index in [1.807, 2.05) is 23.1 Å². The number of unbranched alkanes of at least 4 members (excludes halogenated alkanes) is 2. The van der Waals surface area contributed by atoms with Crippen molar-refractivity contribution in [2.75, 3.05) is 7.11 Å². The van der Waals surface area contributed by atoms with Crippen molar-refractivity contribution in [1.82, 2.24) is 4.90 Å². The van der Waals surface area contributed by atoms with Crippen LogP contribution >= 0.6 is 0 Å². The Morgan fingerprint density at radius 1 is 1.23 bits per heavy atom. The molecular formula is C19H31NO2. The number of carbonyl (C=O) groups is 1. The van der Waals surface area contributed by atoms with Gasteiger partial charge in [0.05, 0.1) is 7.11 Å². The average Bonchev–Trinajstić information content (AvgIpc) is 2.53. The molecule has 1 rings (SSSR count). The molecule has 3 nitrogen and oxygen atoms in total. The van der Waals surface area contributed by atoms with Gasteiger partial charge in [-0.1, -0.05) is 45.2 Å². The van der Waals surface area contributed by atoms with E-state index in [1.54, 1.807) is 7.11 Å². The molecule has 1 atom stereocenters. The summed E-state index contributed by atoms with van der Waals surface area (Å²) < 4.78 is 5.28. The molecule has 0 aliphatic heterocycles. The maximum absolute atomic E-state index is 12.5. The standard InChI is InChI=1S/C19H31NO2/c1-5-7-8-11-16(3)20(19(21)10-6-2)15-17-12-9-13-18(14-17)22-4/h9,12-14,16H,5-8,10-11,15H2,1-4H3. The molecule has 0 bridgehead atoms. The number of methoxy groups -OCH3 is 1. The predicted molar refractivity (Wildman–Crippen MR) is 92.1 cm³/mol. The van der Waals surface area contributed by atoms with Crippen LogP contribution in [0.25, 0.3) is 0 Å². The maximum atomic E-state index is 12.5. The Morgan fingerprint density at radius 3 is 2.64 bits per heavy atom. The summed E-state index contributed by atoms with van der Waals surface area (Å²) in [7, 11) is 1.67. The summed E-state index contributed by atoms with van der Waals surface area (Å²) in [5, 5.41) is 0. The summed E-state index contributed by atoms with van der Waals surface area (Å²) in [6, 6.07) is 8.29. The molecule has 0 N–H and O–H groups in total. The minimum atomic E-state index is 0.259. The van der Waals surface area contributed by atoms with Crippen molar-refractivity contribution in [2.24, 2.45) is 0 Å². The largest absolute Gasteiger partial charge is 0.497 e. The van der Waals surface area contributed by atoms with E-state index in [0.29, 0.717) is 13.0 Å². The van der Waals surface area contributed by atoms with E-state index in [1.165, 1.54) is 19.3 Å². The van der Waals surface area contributed by atoms with E-state index >= 15 is 0 Å². The van der Waals surface area contributed by atoms with Crippen molar-refractivity contribution in [1.29, 1.82) is 0 Å². The van der Waals surface area contributed by atoms with Crippen LogP contribution in [-0.2, 0) is 11.3 Å². The van der Waals surface area contributed by atoms with Crippen molar-refractivity contribution in [3.63, 3.8) is 0 Å². The molecular weight excluding hydrogens is 274 g/mol. The number of carbonyl (C=O) groups excluding carboxylic acids is 1. The lowest BCUT2D eigenvalue weighted by atomic mass is 10.1. The summed E-state index contributed by atoms with van der Waals surface area (Å²) in [6.07, 6.45) is 6.24. The zero-order valence-electron chi connectivity index (χ0n) is 14.6. The normalized spacial score (nSPS) is 12.0. The molecule has 0 fully saturated rings. The summed E-state index contributed by atoms with van der Waals surface area (Å²) in [5.74, 6) is 1.10. The number of hydrogen-bond donors (Lipinski definition) is 0. The maximum Gasteiger partial charge on any atom is 0.223 e. The molecule has 1 aromatic carbocycles. The predicted octanol–water partition coefficient (Wildman–Crippen LogP) is 4.79. The molecule has 0 aliphatic carbocycles. The highest BCUT2D eigenvalue weighted by Gasteiger charge is 2.19. The fraction of sp³-hybridized carbons (Fsp3) is 0.632. The van der Waals surface area contributed by atoms with Gasteiger partial charge in [-0.3, -0.25) is 4.79 Å². The Hall–Kier alpha value is -1.51. The first-order valence-corrected chi connectivity index (χ1v) is 8.54. The van der Waals surface area contributed by atoms with Gasteiger partial charge in [0.15, 0.2) is 0 Å². The summed E-state index contributed by atoms with van der Waals surface area (Å²) in [5.41, 5.74) is 1.13. The number of amides is 1. The van der Waals surface area contributed by atoms with Gasteiger partial charge in [0.1, 0.15) is 5.75 Å². The monoisotopic (exact) mass is 305 g/mol. The van der Waals surface area contributed by atoms with Crippen LogP contribution in [0.5, 0.6) is 5.75 Å². The van der Waals surface area contributed by atoms with Gasteiger partial charge in [0.2, 0.25) is 5.91 Å². The molecule has 124 valence electrons. The van der Waals surface area contributed by atoms with E-state index < -0.39 is 0 Å². The molecule has 0 aromatic heterocycles. The quantitative estimate of drug-likeness (QED) is 0.581. The zero-order chi connectivity index (χ0) is 16.4. The van der Waals surface area contributed by atoms with E-state index in [-0.39, 0.29) is 11.9 Å². The smallest absolute Gasteiger partial charge is 0.223 e. The van der Waals surface area contributed by atoms with E-state index in [0.717, 1.165) is 24.2 Å². The zero-order valence-corrected chi connectivity index (χ0v) is 14.6. The van der Waals surface area contributed by atoms with Crippen LogP contribution in [0.2, 0.25) is 0 Å². The third-order valence-electron chi connectivity index (χ3n) is 4.03. The number of nitrogens with zero attached hydrogens (tertiary/aromatic N) is 1. The van der Waals surface area contributed by atoms with Gasteiger partial charge in [0.25, 0.3) is 0 Å². The van der Waals surface area contributed by atoms with Gasteiger partial charge in [-0.2, -0.15) is 0 Å². The fourth-order valence-electron chi connectivity index (χ4n) is 2.66. The molecule has 1 amide bonds. The lowest BCUT2D eigenvalue weighted by Gasteiger charge is -2.30. The van der Waals surface area contributed by atoms with Crippen molar-refractivity contribution in [3.05, 3.63) is 29.8 Å². The number of hydrogen-bond acceptors (Lipinski definition) is 2. The van der Waals surface area contributed by atoms with Crippen LogP contribution in [0.3, 0.4) is 0 Å². The minimum absolute atomic E-state index is 0.259. The van der Waals surface area contributed by atoms with E-state index in [4.69, 9.17) is 4.74 Å². The first kappa shape index (κ1) is 18.5. The van der Waals surface area contributed by atoms with Crippen LogP contribution < -0.4 is 4.74 Å². The van der Waals surface area contributed by atoms with Crippen molar-refractivity contribution in [3.8, 4) is 5.75 Å². The highest BCUT2D eigenvalue weighted by Crippen LogP contribution is 2.19. The van der Waals surface area contributed by atoms with Crippen LogP contribution in [-0.4, -0.2) is 24.0 Å². The summed E-state index contributed by atoms with van der Waals surface area (Å²) in [4.78, 5) is 14.5. The fourth-order valence-corrected chi connectivity index (χ4v) is 2.66. The van der Waals surface area contributed by atoms with Crippen LogP contribution in [0, 0.1) is 0 Å². The van der Waals surface area contributed by atoms with Gasteiger partial charge in [0, 0.05) is 19.0 Å². The van der Waals surface area contributed by atoms with Crippen LogP contribution in [0.1, 0.15) is 64.9 Å². The third-order valence-corrected chi connectivity index (χ3v) is 4.03. The molecule has 0 heterocycles. The lowest BCUT2D eigenvalue weighted by molar-refractivity contribution is -0.134. The SMILES string of the molecule is CCCCCC(C)N(Cc1cccc(OC)c1)C(=O)CCC. The molecule has 1 aromatic rings. The van der Waals surface area contributed by atoms with Crippen LogP contribution in [0.4, 0.5) is 0 Å². The highest BCUT2D eigenvalue weighted by atomic mass is 16.5. The first-order valence-electron chi connectivity index (χ1n) is 8.54. The van der Waals surface area contributed by atoms with Gasteiger partial charge < -0.3 is 9.64 Å². The van der Waals surface area contributed by atoms with Crippen LogP contribution in [0.15, 0.2) is 24.3 Å². The third kappa shape index (κ3) is 6.08. The number of benzene rings is 1. The van der Waals surface area contributed by atoms with Gasteiger partial charge >= 0.3 is 0 Å². The Kier molecular flexibility index (Phi) is 8.64. The van der Waals surface area contributed by atoms with Gasteiger partial charge in [-0.05, 0) is 37.5 Å². The highest BCUT2D eigenvalue weighted by molar-refractivity contribution is 5.76. The average molecular weight is 305 g/mol. The number of ether oxygens (including phenoxy) is 1. The van der Waals surface area contributed by atoms with Crippen molar-refractivity contribution < 1.29 is 9.53 Å². The first-order chi connectivity index (χ1) is 10.6. The van der Waals surface area contributed by atoms with Crippen molar-refractivity contribution >= 4 is 5.91 Å². The second kappa shape index (κ2) is 10.3. The van der Waals surface area contributed by atoms with Gasteiger partial charge in [-0.25, -0.2) is 0 Å². The Balaban J connectivity index is 2.77. The Labute approximate surface area is 135 Å². The van der Waals surface area contributed by atoms with Crippen molar-refractivity contribution in [2.45, 2.75) is 71.9 Å². The van der Waals surface area contributed by atoms with E-state index in [2.05, 4.69) is 26.8 Å². The second-order valence-electron chi connectivity index (χ2n) is 5.97. The molecule has 0 aliphatic rings. The molecule has 22 heavy (non-hydrogen) atoms. The molecule has 0 saturated carbocycles. The Morgan fingerprint density at radius 2 is 2.00 bits per heavy atom. The van der Waals surface area contributed by atoms with E-state index in [9.17, 15) is 4.79 Å². The molecule has 0 spiro atoms.